The van der Waals surface area contributed by atoms with Gasteiger partial charge in [-0.25, -0.2) is 0 Å². The normalized spacial score (nSPS) is 32.4. The summed E-state index contributed by atoms with van der Waals surface area (Å²) >= 11 is 0. The molecule has 2 fully saturated rings. The molecule has 2 atom stereocenters. The lowest BCUT2D eigenvalue weighted by Crippen LogP contribution is -2.32. The molecule has 16 heavy (non-hydrogen) atoms. The van der Waals surface area contributed by atoms with Gasteiger partial charge in [-0.15, -0.1) is 0 Å². The van der Waals surface area contributed by atoms with E-state index in [0.717, 1.165) is 26.1 Å². The van der Waals surface area contributed by atoms with Gasteiger partial charge in [-0.1, -0.05) is 30.3 Å². The van der Waals surface area contributed by atoms with Crippen LogP contribution in [-0.2, 0) is 11.3 Å². The van der Waals surface area contributed by atoms with Gasteiger partial charge in [-0.3, -0.25) is 9.69 Å². The predicted octanol–water partition coefficient (Wildman–Crippen LogP) is 0.994. The first-order valence-electron chi connectivity index (χ1n) is 5.77. The number of piperidine rings is 1. The van der Waals surface area contributed by atoms with Crippen molar-refractivity contribution in [1.29, 1.82) is 0 Å². The van der Waals surface area contributed by atoms with E-state index in [1.807, 2.05) is 6.07 Å². The van der Waals surface area contributed by atoms with Crippen molar-refractivity contribution < 1.29 is 4.79 Å². The monoisotopic (exact) mass is 216 g/mol. The molecule has 0 bridgehead atoms. The van der Waals surface area contributed by atoms with Crippen LogP contribution in [0.15, 0.2) is 30.3 Å². The molecule has 0 spiro atoms. The fourth-order valence-electron chi connectivity index (χ4n) is 2.93. The van der Waals surface area contributed by atoms with E-state index in [4.69, 9.17) is 5.73 Å². The summed E-state index contributed by atoms with van der Waals surface area (Å²) in [5, 5.41) is 0. The molecule has 2 N–H and O–H groups in total. The lowest BCUT2D eigenvalue weighted by atomic mass is 10.1. The lowest BCUT2D eigenvalue weighted by molar-refractivity contribution is -0.123. The van der Waals surface area contributed by atoms with Crippen molar-refractivity contribution in [3.05, 3.63) is 35.9 Å². The number of nitrogens with zero attached hydrogens (tertiary/aromatic N) is 1. The van der Waals surface area contributed by atoms with Crippen molar-refractivity contribution in [2.24, 2.45) is 17.1 Å². The van der Waals surface area contributed by atoms with Crippen molar-refractivity contribution in [3.8, 4) is 0 Å². The fourth-order valence-corrected chi connectivity index (χ4v) is 2.93. The van der Waals surface area contributed by atoms with Crippen molar-refractivity contribution in [3.63, 3.8) is 0 Å². The van der Waals surface area contributed by atoms with Crippen LogP contribution >= 0.6 is 0 Å². The molecule has 0 aromatic heterocycles. The summed E-state index contributed by atoms with van der Waals surface area (Å²) in [6.45, 7) is 2.81. The molecule has 1 amide bonds. The maximum Gasteiger partial charge on any atom is 0.225 e. The largest absolute Gasteiger partial charge is 0.369 e. The number of rotatable bonds is 3. The van der Waals surface area contributed by atoms with Gasteiger partial charge in [-0.2, -0.15) is 0 Å². The van der Waals surface area contributed by atoms with Crippen LogP contribution in [0.5, 0.6) is 0 Å². The average molecular weight is 216 g/mol. The average Bonchev–Trinajstić information content (AvgIpc) is 2.84. The van der Waals surface area contributed by atoms with Gasteiger partial charge in [0.1, 0.15) is 0 Å². The van der Waals surface area contributed by atoms with Gasteiger partial charge in [0.05, 0.1) is 5.41 Å². The first-order valence-corrected chi connectivity index (χ1v) is 5.77. The summed E-state index contributed by atoms with van der Waals surface area (Å²) in [6.07, 6.45) is 1.01. The van der Waals surface area contributed by atoms with Crippen LogP contribution in [0.25, 0.3) is 0 Å². The third-order valence-electron chi connectivity index (χ3n) is 3.96. The molecule has 1 saturated heterocycles. The highest BCUT2D eigenvalue weighted by molar-refractivity contribution is 5.85. The highest BCUT2D eigenvalue weighted by Crippen LogP contribution is 2.57. The zero-order chi connectivity index (χ0) is 11.2. The topological polar surface area (TPSA) is 46.3 Å². The molecular formula is C13H16N2O. The number of amides is 1. The number of hydrogen-bond donors (Lipinski definition) is 1. The molecule has 1 aromatic rings. The smallest absolute Gasteiger partial charge is 0.225 e. The summed E-state index contributed by atoms with van der Waals surface area (Å²) in [4.78, 5) is 13.7. The van der Waals surface area contributed by atoms with Crippen molar-refractivity contribution in [2.45, 2.75) is 13.0 Å². The summed E-state index contributed by atoms with van der Waals surface area (Å²) < 4.78 is 0. The van der Waals surface area contributed by atoms with Gasteiger partial charge in [0.15, 0.2) is 0 Å². The second kappa shape index (κ2) is 3.32. The Kier molecular flexibility index (Phi) is 2.04. The Bertz CT molecular complexity index is 417. The van der Waals surface area contributed by atoms with E-state index in [1.54, 1.807) is 0 Å². The Morgan fingerprint density at radius 1 is 1.44 bits per heavy atom. The van der Waals surface area contributed by atoms with Crippen LogP contribution in [0.4, 0.5) is 0 Å². The molecule has 2 unspecified atom stereocenters. The minimum Gasteiger partial charge on any atom is -0.369 e. The Morgan fingerprint density at radius 2 is 2.19 bits per heavy atom. The highest BCUT2D eigenvalue weighted by Gasteiger charge is 2.63. The van der Waals surface area contributed by atoms with E-state index in [0.29, 0.717) is 5.92 Å². The number of primary amides is 1. The van der Waals surface area contributed by atoms with Crippen LogP contribution in [0, 0.1) is 11.3 Å². The SMILES string of the molecule is NC(=O)C12CC1CN(Cc1ccccc1)C2. The highest BCUT2D eigenvalue weighted by atomic mass is 16.1. The second-order valence-corrected chi connectivity index (χ2v) is 5.08. The van der Waals surface area contributed by atoms with Crippen molar-refractivity contribution in [2.75, 3.05) is 13.1 Å². The minimum atomic E-state index is -0.172. The van der Waals surface area contributed by atoms with Gasteiger partial charge >= 0.3 is 0 Å². The van der Waals surface area contributed by atoms with Crippen LogP contribution < -0.4 is 5.73 Å². The fraction of sp³-hybridized carbons (Fsp3) is 0.462. The molecule has 0 radical (unpaired) electrons. The van der Waals surface area contributed by atoms with Gasteiger partial charge in [0, 0.05) is 19.6 Å². The summed E-state index contributed by atoms with van der Waals surface area (Å²) in [5.41, 5.74) is 6.60. The predicted molar refractivity (Wildman–Crippen MR) is 61.5 cm³/mol. The molecule has 84 valence electrons. The molecule has 1 aliphatic carbocycles. The van der Waals surface area contributed by atoms with E-state index >= 15 is 0 Å². The molecule has 1 aromatic carbocycles. The minimum absolute atomic E-state index is 0.104. The van der Waals surface area contributed by atoms with Crippen LogP contribution in [0.1, 0.15) is 12.0 Å². The van der Waals surface area contributed by atoms with E-state index in [-0.39, 0.29) is 11.3 Å². The molecule has 2 aliphatic rings. The van der Waals surface area contributed by atoms with E-state index in [9.17, 15) is 4.79 Å². The number of benzene rings is 1. The number of hydrogen-bond acceptors (Lipinski definition) is 2. The molecule has 1 aliphatic heterocycles. The standard InChI is InChI=1S/C13H16N2O/c14-12(16)13-6-11(13)8-15(9-13)7-10-4-2-1-3-5-10/h1-5,11H,6-9H2,(H2,14,16). The number of carbonyl (C=O) groups excluding carboxylic acids is 1. The van der Waals surface area contributed by atoms with Crippen LogP contribution in [-0.4, -0.2) is 23.9 Å². The third kappa shape index (κ3) is 1.43. The Labute approximate surface area is 95.2 Å². The summed E-state index contributed by atoms with van der Waals surface area (Å²) in [6, 6.07) is 10.4. The molecule has 3 nitrogen and oxygen atoms in total. The quantitative estimate of drug-likeness (QED) is 0.819. The number of carbonyl (C=O) groups is 1. The van der Waals surface area contributed by atoms with E-state index < -0.39 is 0 Å². The molecule has 3 rings (SSSR count). The Balaban J connectivity index is 1.66. The lowest BCUT2D eigenvalue weighted by Gasteiger charge is -2.19. The maximum absolute atomic E-state index is 11.4. The van der Waals surface area contributed by atoms with Crippen molar-refractivity contribution >= 4 is 5.91 Å². The Hall–Kier alpha value is -1.35. The summed E-state index contributed by atoms with van der Waals surface area (Å²) in [5.74, 6) is 0.418. The second-order valence-electron chi connectivity index (χ2n) is 5.08. The molecule has 1 saturated carbocycles. The number of nitrogens with two attached hydrogens (primary N) is 1. The number of fused-ring (bicyclic) bond motifs is 1. The first-order chi connectivity index (χ1) is 7.71. The first kappa shape index (κ1) is 9.85. The van der Waals surface area contributed by atoms with Crippen LogP contribution in [0.2, 0.25) is 0 Å². The van der Waals surface area contributed by atoms with E-state index in [2.05, 4.69) is 29.2 Å². The van der Waals surface area contributed by atoms with Crippen LogP contribution in [0.3, 0.4) is 0 Å². The number of likely N-dealkylation sites (tertiary alicyclic amines) is 1. The van der Waals surface area contributed by atoms with Gasteiger partial charge < -0.3 is 5.73 Å². The molecule has 3 heteroatoms. The molecule has 1 heterocycles. The van der Waals surface area contributed by atoms with E-state index in [1.165, 1.54) is 5.56 Å². The Morgan fingerprint density at radius 3 is 2.81 bits per heavy atom. The summed E-state index contributed by atoms with van der Waals surface area (Å²) in [7, 11) is 0. The zero-order valence-electron chi connectivity index (χ0n) is 9.23. The maximum atomic E-state index is 11.4. The van der Waals surface area contributed by atoms with Gasteiger partial charge in [0.2, 0.25) is 5.91 Å². The molecular weight excluding hydrogens is 200 g/mol. The third-order valence-corrected chi connectivity index (χ3v) is 3.96. The van der Waals surface area contributed by atoms with Crippen molar-refractivity contribution in [1.82, 2.24) is 4.90 Å². The zero-order valence-corrected chi connectivity index (χ0v) is 9.23. The van der Waals surface area contributed by atoms with Gasteiger partial charge in [0.25, 0.3) is 0 Å². The van der Waals surface area contributed by atoms with Gasteiger partial charge in [-0.05, 0) is 17.9 Å².